The molecule has 8 heteroatoms. The average molecular weight is 562 g/mol. The number of halogens is 1. The Morgan fingerprint density at radius 2 is 1.79 bits per heavy atom. The predicted octanol–water partition coefficient (Wildman–Crippen LogP) is 7.79. The molecule has 200 valence electrons. The fourth-order valence-corrected chi connectivity index (χ4v) is 4.94. The highest BCUT2D eigenvalue weighted by molar-refractivity contribution is 7.15. The molecule has 0 aliphatic rings. The van der Waals surface area contributed by atoms with Gasteiger partial charge in [0.25, 0.3) is 0 Å². The molecule has 0 unspecified atom stereocenters. The van der Waals surface area contributed by atoms with Crippen molar-refractivity contribution < 1.29 is 23.8 Å². The molecule has 1 aromatic heterocycles. The number of rotatable bonds is 10. The number of nitrogens with one attached hydrogen (secondary N) is 1. The van der Waals surface area contributed by atoms with Crippen LogP contribution < -0.4 is 14.8 Å². The molecule has 4 aromatic rings. The number of hydrogen-bond acceptors (Lipinski definition) is 6. The van der Waals surface area contributed by atoms with Gasteiger partial charge in [-0.15, -0.1) is 11.3 Å². The molecule has 6 nitrogen and oxygen atoms in total. The van der Waals surface area contributed by atoms with Gasteiger partial charge in [-0.05, 0) is 66.4 Å². The van der Waals surface area contributed by atoms with E-state index in [0.717, 1.165) is 22.3 Å². The van der Waals surface area contributed by atoms with Gasteiger partial charge in [0.15, 0.2) is 11.5 Å². The topological polar surface area (TPSA) is 73.9 Å². The van der Waals surface area contributed by atoms with E-state index < -0.39 is 5.97 Å². The lowest BCUT2D eigenvalue weighted by atomic mass is 10.0. The molecule has 1 amide bonds. The number of ether oxygens (including phenoxy) is 3. The predicted molar refractivity (Wildman–Crippen MR) is 157 cm³/mol. The number of methoxy groups -OCH3 is 1. The summed E-state index contributed by atoms with van der Waals surface area (Å²) in [6, 6.07) is 20.6. The Bertz CT molecular complexity index is 1490. The lowest BCUT2D eigenvalue weighted by Gasteiger charge is -2.12. The van der Waals surface area contributed by atoms with Gasteiger partial charge < -0.3 is 19.5 Å². The maximum atomic E-state index is 12.8. The minimum atomic E-state index is -0.506. The number of aryl methyl sites for hydroxylation is 1. The van der Waals surface area contributed by atoms with E-state index in [-0.39, 0.29) is 12.5 Å². The molecule has 3 aromatic carbocycles. The van der Waals surface area contributed by atoms with Gasteiger partial charge in [-0.1, -0.05) is 54.1 Å². The van der Waals surface area contributed by atoms with Crippen molar-refractivity contribution in [2.45, 2.75) is 20.5 Å². The minimum absolute atomic E-state index is 0.217. The van der Waals surface area contributed by atoms with Crippen LogP contribution in [0.2, 0.25) is 5.02 Å². The first-order chi connectivity index (χ1) is 18.9. The third kappa shape index (κ3) is 7.07. The van der Waals surface area contributed by atoms with E-state index in [1.807, 2.05) is 60.8 Å². The standard InChI is InChI=1S/C31H28ClNO5S/c1-4-37-31(35)29-25(22-11-13-24(32)14-12-22)19-39-30(29)33-28(34)16-10-21-9-15-26(27(17-21)36-3)38-18-23-8-6-5-7-20(23)2/h5-17,19H,4,18H2,1-3H3,(H,33,34). The highest BCUT2D eigenvalue weighted by atomic mass is 35.5. The zero-order chi connectivity index (χ0) is 27.8. The largest absolute Gasteiger partial charge is 0.493 e. The van der Waals surface area contributed by atoms with Crippen molar-refractivity contribution in [3.05, 3.63) is 105 Å². The Labute approximate surface area is 236 Å². The van der Waals surface area contributed by atoms with E-state index in [4.69, 9.17) is 25.8 Å². The molecule has 0 saturated carbocycles. The van der Waals surface area contributed by atoms with Gasteiger partial charge in [0, 0.05) is 22.0 Å². The maximum absolute atomic E-state index is 12.8. The Kier molecular flexibility index (Phi) is 9.41. The number of anilines is 1. The second-order valence-electron chi connectivity index (χ2n) is 8.53. The fraction of sp³-hybridized carbons (Fsp3) is 0.161. The first kappa shape index (κ1) is 28.0. The van der Waals surface area contributed by atoms with E-state index in [1.54, 1.807) is 38.3 Å². The summed E-state index contributed by atoms with van der Waals surface area (Å²) in [5.74, 6) is 0.272. The second kappa shape index (κ2) is 13.1. The van der Waals surface area contributed by atoms with Crippen molar-refractivity contribution in [2.75, 3.05) is 19.0 Å². The first-order valence-electron chi connectivity index (χ1n) is 12.3. The summed E-state index contributed by atoms with van der Waals surface area (Å²) in [6.45, 7) is 4.41. The molecular weight excluding hydrogens is 534 g/mol. The van der Waals surface area contributed by atoms with Crippen LogP contribution in [0.3, 0.4) is 0 Å². The molecule has 0 aliphatic carbocycles. The monoisotopic (exact) mass is 561 g/mol. The lowest BCUT2D eigenvalue weighted by molar-refractivity contribution is -0.111. The SMILES string of the molecule is CCOC(=O)c1c(-c2ccc(Cl)cc2)csc1NC(=O)C=Cc1ccc(OCc2ccccc2C)c(OC)c1. The second-order valence-corrected chi connectivity index (χ2v) is 9.84. The number of thiophene rings is 1. The van der Waals surface area contributed by atoms with Crippen molar-refractivity contribution in [2.24, 2.45) is 0 Å². The van der Waals surface area contributed by atoms with Crippen LogP contribution in [0.15, 0.2) is 78.2 Å². The number of esters is 1. The van der Waals surface area contributed by atoms with Crippen LogP contribution >= 0.6 is 22.9 Å². The van der Waals surface area contributed by atoms with Crippen molar-refractivity contribution in [1.82, 2.24) is 0 Å². The number of hydrogen-bond donors (Lipinski definition) is 1. The van der Waals surface area contributed by atoms with E-state index >= 15 is 0 Å². The summed E-state index contributed by atoms with van der Waals surface area (Å²) in [5.41, 5.74) is 4.77. The minimum Gasteiger partial charge on any atom is -0.493 e. The molecule has 0 bridgehead atoms. The summed E-state index contributed by atoms with van der Waals surface area (Å²) in [5, 5.41) is 5.63. The summed E-state index contributed by atoms with van der Waals surface area (Å²) in [4.78, 5) is 25.6. The van der Waals surface area contributed by atoms with Gasteiger partial charge in [0.2, 0.25) is 5.91 Å². The van der Waals surface area contributed by atoms with Crippen LogP contribution in [0, 0.1) is 6.92 Å². The number of amides is 1. The Hall–Kier alpha value is -4.07. The highest BCUT2D eigenvalue weighted by Gasteiger charge is 2.22. The third-order valence-electron chi connectivity index (χ3n) is 5.92. The van der Waals surface area contributed by atoms with Gasteiger partial charge in [0.1, 0.15) is 17.2 Å². The summed E-state index contributed by atoms with van der Waals surface area (Å²) >= 11 is 7.27. The summed E-state index contributed by atoms with van der Waals surface area (Å²) < 4.78 is 16.7. The Morgan fingerprint density at radius 1 is 1.03 bits per heavy atom. The zero-order valence-corrected chi connectivity index (χ0v) is 23.4. The van der Waals surface area contributed by atoms with E-state index in [2.05, 4.69) is 5.32 Å². The van der Waals surface area contributed by atoms with E-state index in [9.17, 15) is 9.59 Å². The van der Waals surface area contributed by atoms with Gasteiger partial charge in [-0.3, -0.25) is 4.79 Å². The number of carbonyl (C=O) groups excluding carboxylic acids is 2. The summed E-state index contributed by atoms with van der Waals surface area (Å²) in [6.07, 6.45) is 3.07. The average Bonchev–Trinajstić information content (AvgIpc) is 3.35. The van der Waals surface area contributed by atoms with Crippen LogP contribution in [0.4, 0.5) is 5.00 Å². The third-order valence-corrected chi connectivity index (χ3v) is 7.07. The number of carbonyl (C=O) groups is 2. The molecule has 0 fully saturated rings. The fourth-order valence-electron chi connectivity index (χ4n) is 3.86. The van der Waals surface area contributed by atoms with Crippen LogP contribution in [0.25, 0.3) is 17.2 Å². The molecule has 0 saturated heterocycles. The normalized spacial score (nSPS) is 10.9. The molecule has 1 N–H and O–H groups in total. The molecular formula is C31H28ClNO5S. The van der Waals surface area contributed by atoms with Gasteiger partial charge in [-0.2, -0.15) is 0 Å². The quantitative estimate of drug-likeness (QED) is 0.158. The summed E-state index contributed by atoms with van der Waals surface area (Å²) in [7, 11) is 1.57. The first-order valence-corrected chi connectivity index (χ1v) is 13.5. The van der Waals surface area contributed by atoms with Crippen LogP contribution in [-0.2, 0) is 16.1 Å². The van der Waals surface area contributed by atoms with Crippen molar-refractivity contribution in [1.29, 1.82) is 0 Å². The van der Waals surface area contributed by atoms with Gasteiger partial charge in [-0.25, -0.2) is 4.79 Å². The Balaban J connectivity index is 1.48. The van der Waals surface area contributed by atoms with Crippen LogP contribution in [-0.4, -0.2) is 25.6 Å². The van der Waals surface area contributed by atoms with Crippen molar-refractivity contribution in [3.8, 4) is 22.6 Å². The smallest absolute Gasteiger partial charge is 0.341 e. The van der Waals surface area contributed by atoms with Crippen LogP contribution in [0.5, 0.6) is 11.5 Å². The highest BCUT2D eigenvalue weighted by Crippen LogP contribution is 2.37. The van der Waals surface area contributed by atoms with Gasteiger partial charge >= 0.3 is 5.97 Å². The molecule has 4 rings (SSSR count). The molecule has 0 radical (unpaired) electrons. The zero-order valence-electron chi connectivity index (χ0n) is 21.8. The van der Waals surface area contributed by atoms with E-state index in [0.29, 0.717) is 39.3 Å². The Morgan fingerprint density at radius 3 is 2.51 bits per heavy atom. The van der Waals surface area contributed by atoms with E-state index in [1.165, 1.54) is 17.4 Å². The molecule has 0 atom stereocenters. The molecule has 1 heterocycles. The number of benzene rings is 3. The van der Waals surface area contributed by atoms with Crippen LogP contribution in [0.1, 0.15) is 34.0 Å². The lowest BCUT2D eigenvalue weighted by Crippen LogP contribution is -2.12. The molecule has 39 heavy (non-hydrogen) atoms. The van der Waals surface area contributed by atoms with Gasteiger partial charge in [0.05, 0.1) is 13.7 Å². The maximum Gasteiger partial charge on any atom is 0.341 e. The van der Waals surface area contributed by atoms with Crippen molar-refractivity contribution in [3.63, 3.8) is 0 Å². The molecule has 0 aliphatic heterocycles. The van der Waals surface area contributed by atoms with Crippen molar-refractivity contribution >= 4 is 45.9 Å². The molecule has 0 spiro atoms.